The van der Waals surface area contributed by atoms with Gasteiger partial charge in [-0.25, -0.2) is 4.99 Å². The van der Waals surface area contributed by atoms with Crippen molar-refractivity contribution in [3.8, 4) is 5.69 Å². The van der Waals surface area contributed by atoms with Crippen molar-refractivity contribution >= 4 is 119 Å². The lowest BCUT2D eigenvalue weighted by Gasteiger charge is -2.23. The van der Waals surface area contributed by atoms with Crippen LogP contribution in [0.4, 0.5) is 0 Å². The first-order chi connectivity index (χ1) is 33.0. The van der Waals surface area contributed by atoms with Crippen LogP contribution in [0.2, 0.25) is 0 Å². The molecule has 0 aliphatic rings. The Labute approximate surface area is 391 Å². The number of nitrogens with zero attached hydrogens (tertiary/aromatic N) is 3. The minimum Gasteiger partial charge on any atom is -0.456 e. The molecule has 10 aromatic carbocycles. The van der Waals surface area contributed by atoms with Crippen molar-refractivity contribution in [2.24, 2.45) is 15.9 Å². The van der Waals surface area contributed by atoms with E-state index in [4.69, 9.17) is 14.4 Å². The first-order valence-corrected chi connectivity index (χ1v) is 24.1. The van der Waals surface area contributed by atoms with Gasteiger partial charge in [0.05, 0.1) is 22.8 Å². The van der Waals surface area contributed by atoms with E-state index >= 15 is 0 Å². The molecule has 0 spiro atoms. The van der Waals surface area contributed by atoms with Gasteiger partial charge in [-0.15, -0.1) is 11.3 Å². The van der Waals surface area contributed by atoms with Gasteiger partial charge in [0.15, 0.2) is 5.84 Å². The molecule has 0 bridgehead atoms. The molecule has 2 unspecified atom stereocenters. The SMILES string of the molecule is CCC(C)C(/N=C(\N=C(/C)c1cccc2oc3ccccc3c12)c1ccc2ccccc2c1)c1cc(-n2c3cc4ccccc4cc3c3ccc4ccccc4c32)c2c(c1)sc1ccccc12. The van der Waals surface area contributed by atoms with E-state index in [0.29, 0.717) is 5.84 Å². The van der Waals surface area contributed by atoms with Crippen LogP contribution < -0.4 is 0 Å². The molecule has 13 rings (SSSR count). The second-order valence-electron chi connectivity index (χ2n) is 18.1. The monoisotopic (exact) mass is 879 g/mol. The molecule has 13 aromatic rings. The summed E-state index contributed by atoms with van der Waals surface area (Å²) < 4.78 is 11.5. The van der Waals surface area contributed by atoms with Gasteiger partial charge in [0, 0.05) is 63.9 Å². The van der Waals surface area contributed by atoms with Crippen molar-refractivity contribution in [1.82, 2.24) is 4.57 Å². The van der Waals surface area contributed by atoms with Gasteiger partial charge >= 0.3 is 0 Å². The average Bonchev–Trinajstić information content (AvgIpc) is 4.05. The average molecular weight is 880 g/mol. The maximum atomic E-state index is 6.36. The predicted molar refractivity (Wildman–Crippen MR) is 287 cm³/mol. The number of thiophene rings is 1. The van der Waals surface area contributed by atoms with Crippen LogP contribution in [0.15, 0.2) is 209 Å². The van der Waals surface area contributed by atoms with Crippen LogP contribution >= 0.6 is 11.3 Å². The quantitative estimate of drug-likeness (QED) is 0.116. The van der Waals surface area contributed by atoms with Gasteiger partial charge in [0.25, 0.3) is 0 Å². The summed E-state index contributed by atoms with van der Waals surface area (Å²) in [6, 6.07) is 70.3. The van der Waals surface area contributed by atoms with Crippen LogP contribution in [0.5, 0.6) is 0 Å². The van der Waals surface area contributed by atoms with Crippen LogP contribution in [0, 0.1) is 5.92 Å². The lowest BCUT2D eigenvalue weighted by molar-refractivity contribution is 0.459. The zero-order valence-electron chi connectivity index (χ0n) is 37.5. The standard InChI is InChI=1S/C62H45N3OS/c1-4-37(2)60(64-62(44-29-28-39-16-5-6-18-41(39)32-44)63-38(3)46-24-15-26-55-58(46)49-22-11-13-25-54(49)66-55)45-35-53(59-50-23-12-14-27-56(50)67-57(59)36-45)65-52-34-43-20-8-7-19-42(43)33-51(52)48-31-30-40-17-9-10-21-47(40)61(48)65/h5-37,60H,4H2,1-3H3/b63-38+,64-62-. The minimum absolute atomic E-state index is 0.190. The lowest BCUT2D eigenvalue weighted by atomic mass is 9.91. The van der Waals surface area contributed by atoms with Crippen LogP contribution in [-0.4, -0.2) is 16.1 Å². The Hall–Kier alpha value is -7.86. The summed E-state index contributed by atoms with van der Waals surface area (Å²) in [6.07, 6.45) is 0.938. The molecule has 67 heavy (non-hydrogen) atoms. The maximum Gasteiger partial charge on any atom is 0.155 e. The van der Waals surface area contributed by atoms with E-state index < -0.39 is 0 Å². The van der Waals surface area contributed by atoms with Gasteiger partial charge < -0.3 is 8.98 Å². The van der Waals surface area contributed by atoms with Crippen molar-refractivity contribution in [2.75, 3.05) is 0 Å². The number of para-hydroxylation sites is 1. The molecule has 2 atom stereocenters. The van der Waals surface area contributed by atoms with Gasteiger partial charge in [-0.2, -0.15) is 0 Å². The van der Waals surface area contributed by atoms with E-state index in [0.717, 1.165) is 50.6 Å². The van der Waals surface area contributed by atoms with E-state index in [1.807, 2.05) is 29.5 Å². The Morgan fingerprint density at radius 3 is 2.04 bits per heavy atom. The van der Waals surface area contributed by atoms with E-state index in [9.17, 15) is 0 Å². The summed E-state index contributed by atoms with van der Waals surface area (Å²) in [5.74, 6) is 0.903. The first-order valence-electron chi connectivity index (χ1n) is 23.3. The van der Waals surface area contributed by atoms with Crippen molar-refractivity contribution in [3.05, 3.63) is 211 Å². The van der Waals surface area contributed by atoms with Crippen LogP contribution in [0.25, 0.3) is 102 Å². The number of aliphatic imine (C=N–C) groups is 2. The molecule has 0 radical (unpaired) electrons. The lowest BCUT2D eigenvalue weighted by Crippen LogP contribution is -2.12. The topological polar surface area (TPSA) is 42.8 Å². The van der Waals surface area contributed by atoms with Crippen LogP contribution in [-0.2, 0) is 0 Å². The Balaban J connectivity index is 1.11. The van der Waals surface area contributed by atoms with Gasteiger partial charge in [-0.05, 0) is 93.9 Å². The first kappa shape index (κ1) is 39.5. The Kier molecular flexibility index (Phi) is 9.23. The number of hydrogen-bond donors (Lipinski definition) is 0. The Morgan fingerprint density at radius 2 is 1.22 bits per heavy atom. The molecule has 0 amide bonds. The second kappa shape index (κ2) is 15.6. The highest BCUT2D eigenvalue weighted by Gasteiger charge is 2.26. The molecule has 3 aromatic heterocycles. The minimum atomic E-state index is -0.215. The third-order valence-corrected chi connectivity index (χ3v) is 15.2. The zero-order valence-corrected chi connectivity index (χ0v) is 38.3. The smallest absolute Gasteiger partial charge is 0.155 e. The molecule has 0 aliphatic carbocycles. The number of rotatable bonds is 7. The van der Waals surface area contributed by atoms with Gasteiger partial charge in [0.1, 0.15) is 11.2 Å². The maximum absolute atomic E-state index is 6.36. The molecule has 5 heteroatoms. The Bertz CT molecular complexity index is 4200. The molecule has 0 N–H and O–H groups in total. The van der Waals surface area contributed by atoms with E-state index in [1.54, 1.807) is 0 Å². The van der Waals surface area contributed by atoms with Gasteiger partial charge in [0.2, 0.25) is 0 Å². The van der Waals surface area contributed by atoms with Gasteiger partial charge in [-0.1, -0.05) is 166 Å². The summed E-state index contributed by atoms with van der Waals surface area (Å²) in [7, 11) is 0. The summed E-state index contributed by atoms with van der Waals surface area (Å²) in [4.78, 5) is 11.5. The number of furan rings is 1. The highest BCUT2D eigenvalue weighted by molar-refractivity contribution is 7.25. The van der Waals surface area contributed by atoms with E-state index in [2.05, 4.69) is 201 Å². The highest BCUT2D eigenvalue weighted by Crippen LogP contribution is 2.46. The van der Waals surface area contributed by atoms with Crippen molar-refractivity contribution in [2.45, 2.75) is 33.2 Å². The normalized spacial score (nSPS) is 13.7. The number of aromatic nitrogens is 1. The van der Waals surface area contributed by atoms with Crippen molar-refractivity contribution < 1.29 is 4.42 Å². The molecule has 3 heterocycles. The fourth-order valence-corrected chi connectivity index (χ4v) is 11.8. The number of fused-ring (bicyclic) bond motifs is 13. The van der Waals surface area contributed by atoms with Crippen LogP contribution in [0.1, 0.15) is 49.9 Å². The summed E-state index contributed by atoms with van der Waals surface area (Å²) in [6.45, 7) is 6.74. The fourth-order valence-electron chi connectivity index (χ4n) is 10.6. The molecule has 0 saturated carbocycles. The second-order valence-corrected chi connectivity index (χ2v) is 19.1. The number of hydrogen-bond acceptors (Lipinski definition) is 3. The molecule has 0 fully saturated rings. The molecule has 4 nitrogen and oxygen atoms in total. The third kappa shape index (κ3) is 6.41. The third-order valence-electron chi connectivity index (χ3n) is 14.1. The van der Waals surface area contributed by atoms with Crippen molar-refractivity contribution in [3.63, 3.8) is 0 Å². The largest absolute Gasteiger partial charge is 0.456 e. The van der Waals surface area contributed by atoms with E-state index in [-0.39, 0.29) is 12.0 Å². The summed E-state index contributed by atoms with van der Waals surface area (Å²) in [5, 5.41) is 14.4. The molecule has 0 saturated heterocycles. The summed E-state index contributed by atoms with van der Waals surface area (Å²) >= 11 is 1.87. The Morgan fingerprint density at radius 1 is 0.552 bits per heavy atom. The highest BCUT2D eigenvalue weighted by atomic mass is 32.1. The molecular weight excluding hydrogens is 835 g/mol. The number of amidine groups is 1. The predicted octanol–water partition coefficient (Wildman–Crippen LogP) is 17.6. The molecular formula is C62H45N3OS. The number of benzene rings is 10. The summed E-state index contributed by atoms with van der Waals surface area (Å²) in [5.41, 5.74) is 9.39. The molecule has 320 valence electrons. The fraction of sp³-hybridized carbons (Fsp3) is 0.0968. The molecule has 0 aliphatic heterocycles. The van der Waals surface area contributed by atoms with Gasteiger partial charge in [-0.3, -0.25) is 4.99 Å². The zero-order chi connectivity index (χ0) is 44.8. The van der Waals surface area contributed by atoms with E-state index in [1.165, 1.54) is 80.2 Å². The van der Waals surface area contributed by atoms with Crippen LogP contribution in [0.3, 0.4) is 0 Å². The van der Waals surface area contributed by atoms with Crippen molar-refractivity contribution in [1.29, 1.82) is 0 Å².